The maximum atomic E-state index is 10.7. The van der Waals surface area contributed by atoms with Crippen LogP contribution in [0, 0.1) is 0 Å². The van der Waals surface area contributed by atoms with Crippen LogP contribution in [0.1, 0.15) is 54.9 Å². The molecule has 3 rings (SSSR count). The summed E-state index contributed by atoms with van der Waals surface area (Å²) in [6.07, 6.45) is 3.54. The summed E-state index contributed by atoms with van der Waals surface area (Å²) in [6, 6.07) is 8.61. The van der Waals surface area contributed by atoms with E-state index in [1.165, 1.54) is 11.1 Å². The van der Waals surface area contributed by atoms with Gasteiger partial charge in [-0.3, -0.25) is 0 Å². The van der Waals surface area contributed by atoms with Crippen LogP contribution in [0.25, 0.3) is 0 Å². The van der Waals surface area contributed by atoms with Crippen molar-refractivity contribution in [2.45, 2.75) is 51.5 Å². The molecule has 1 aromatic heterocycles. The molecule has 0 bridgehead atoms. The fourth-order valence-corrected chi connectivity index (χ4v) is 3.31. The molecule has 0 spiro atoms. The molecule has 1 aliphatic carbocycles. The number of carbonyl (C=O) groups excluding carboxylic acids is 1. The topological polar surface area (TPSA) is 47.8 Å². The van der Waals surface area contributed by atoms with Gasteiger partial charge in [0.25, 0.3) is 0 Å². The summed E-state index contributed by atoms with van der Waals surface area (Å²) in [5.74, 6) is 2.55. The van der Waals surface area contributed by atoms with E-state index in [0.717, 1.165) is 37.3 Å². The minimum atomic E-state index is 0.132. The Morgan fingerprint density at radius 3 is 2.52 bits per heavy atom. The highest BCUT2D eigenvalue weighted by molar-refractivity contribution is 5.50. The molecule has 1 heterocycles. The van der Waals surface area contributed by atoms with Gasteiger partial charge in [0.15, 0.2) is 0 Å². The molecule has 1 atom stereocenters. The first-order valence-corrected chi connectivity index (χ1v) is 7.68. The molecule has 0 amide bonds. The summed E-state index contributed by atoms with van der Waals surface area (Å²) >= 11 is 0. The van der Waals surface area contributed by atoms with Crippen LogP contribution in [0.2, 0.25) is 0 Å². The molecule has 2 aromatic rings. The zero-order valence-corrected chi connectivity index (χ0v) is 12.6. The van der Waals surface area contributed by atoms with Gasteiger partial charge in [0.05, 0.1) is 0 Å². The predicted molar refractivity (Wildman–Crippen MR) is 81.4 cm³/mol. The highest BCUT2D eigenvalue weighted by Gasteiger charge is 2.28. The SMILES string of the molecule is CCn1c(C(C)CC=O)nnc1C1Cc2ccccc2C1. The lowest BCUT2D eigenvalue weighted by molar-refractivity contribution is -0.108. The van der Waals surface area contributed by atoms with Gasteiger partial charge in [-0.25, -0.2) is 0 Å². The molecule has 21 heavy (non-hydrogen) atoms. The summed E-state index contributed by atoms with van der Waals surface area (Å²) in [6.45, 7) is 5.01. The highest BCUT2D eigenvalue weighted by atomic mass is 16.1. The zero-order valence-electron chi connectivity index (χ0n) is 12.6. The summed E-state index contributed by atoms with van der Waals surface area (Å²) in [5.41, 5.74) is 2.85. The monoisotopic (exact) mass is 283 g/mol. The van der Waals surface area contributed by atoms with Crippen molar-refractivity contribution in [2.24, 2.45) is 0 Å². The lowest BCUT2D eigenvalue weighted by atomic mass is 10.0. The van der Waals surface area contributed by atoms with E-state index in [0.29, 0.717) is 12.3 Å². The van der Waals surface area contributed by atoms with E-state index >= 15 is 0 Å². The second-order valence-corrected chi connectivity index (χ2v) is 5.84. The van der Waals surface area contributed by atoms with E-state index in [2.05, 4.69) is 46.0 Å². The van der Waals surface area contributed by atoms with Crippen molar-refractivity contribution >= 4 is 6.29 Å². The molecule has 0 radical (unpaired) electrons. The third kappa shape index (κ3) is 2.50. The summed E-state index contributed by atoms with van der Waals surface area (Å²) in [7, 11) is 0. The smallest absolute Gasteiger partial charge is 0.136 e. The summed E-state index contributed by atoms with van der Waals surface area (Å²) < 4.78 is 2.20. The Hall–Kier alpha value is -1.97. The number of hydrogen-bond donors (Lipinski definition) is 0. The van der Waals surface area contributed by atoms with E-state index in [1.54, 1.807) is 0 Å². The molecule has 0 N–H and O–H groups in total. The largest absolute Gasteiger partial charge is 0.315 e. The van der Waals surface area contributed by atoms with Gasteiger partial charge in [-0.15, -0.1) is 10.2 Å². The van der Waals surface area contributed by atoms with Crippen molar-refractivity contribution in [2.75, 3.05) is 0 Å². The van der Waals surface area contributed by atoms with Crippen LogP contribution in [0.15, 0.2) is 24.3 Å². The maximum absolute atomic E-state index is 10.7. The number of aromatic nitrogens is 3. The Bertz CT molecular complexity index is 622. The Labute approximate surface area is 125 Å². The fraction of sp³-hybridized carbons (Fsp3) is 0.471. The molecule has 110 valence electrons. The first kappa shape index (κ1) is 14.0. The number of benzene rings is 1. The Kier molecular flexibility index (Phi) is 3.86. The molecule has 1 aromatic carbocycles. The van der Waals surface area contributed by atoms with E-state index in [4.69, 9.17) is 0 Å². The van der Waals surface area contributed by atoms with E-state index in [-0.39, 0.29) is 5.92 Å². The number of nitrogens with zero attached hydrogens (tertiary/aromatic N) is 3. The van der Waals surface area contributed by atoms with Crippen LogP contribution in [0.5, 0.6) is 0 Å². The Morgan fingerprint density at radius 1 is 1.29 bits per heavy atom. The predicted octanol–water partition coefficient (Wildman–Crippen LogP) is 2.87. The van der Waals surface area contributed by atoms with Crippen LogP contribution in [-0.4, -0.2) is 21.1 Å². The molecular formula is C17H21N3O. The van der Waals surface area contributed by atoms with E-state index < -0.39 is 0 Å². The van der Waals surface area contributed by atoms with Crippen molar-refractivity contribution in [3.63, 3.8) is 0 Å². The second kappa shape index (κ2) is 5.80. The quantitative estimate of drug-likeness (QED) is 0.793. The molecule has 0 fully saturated rings. The number of fused-ring (bicyclic) bond motifs is 1. The molecule has 1 aliphatic rings. The normalized spacial score (nSPS) is 15.9. The summed E-state index contributed by atoms with van der Waals surface area (Å²) in [5, 5.41) is 8.82. The maximum Gasteiger partial charge on any atom is 0.136 e. The van der Waals surface area contributed by atoms with Gasteiger partial charge in [0.1, 0.15) is 17.9 Å². The second-order valence-electron chi connectivity index (χ2n) is 5.84. The number of rotatable bonds is 5. The minimum Gasteiger partial charge on any atom is -0.315 e. The van der Waals surface area contributed by atoms with Gasteiger partial charge in [-0.1, -0.05) is 31.2 Å². The first-order valence-electron chi connectivity index (χ1n) is 7.68. The van der Waals surface area contributed by atoms with Crippen molar-refractivity contribution in [1.29, 1.82) is 0 Å². The molecule has 0 saturated heterocycles. The van der Waals surface area contributed by atoms with Gasteiger partial charge < -0.3 is 9.36 Å². The molecule has 4 heteroatoms. The Morgan fingerprint density at radius 2 is 1.95 bits per heavy atom. The van der Waals surface area contributed by atoms with Crippen LogP contribution in [0.4, 0.5) is 0 Å². The van der Waals surface area contributed by atoms with Crippen molar-refractivity contribution in [3.05, 3.63) is 47.0 Å². The molecule has 4 nitrogen and oxygen atoms in total. The number of carbonyl (C=O) groups is 1. The fourth-order valence-electron chi connectivity index (χ4n) is 3.31. The Balaban J connectivity index is 1.89. The number of aldehydes is 1. The number of hydrogen-bond acceptors (Lipinski definition) is 3. The third-order valence-electron chi connectivity index (χ3n) is 4.43. The van der Waals surface area contributed by atoms with Crippen LogP contribution in [0.3, 0.4) is 0 Å². The van der Waals surface area contributed by atoms with Crippen molar-refractivity contribution in [1.82, 2.24) is 14.8 Å². The molecule has 0 aliphatic heterocycles. The van der Waals surface area contributed by atoms with Crippen molar-refractivity contribution in [3.8, 4) is 0 Å². The van der Waals surface area contributed by atoms with E-state index in [9.17, 15) is 4.79 Å². The lowest BCUT2D eigenvalue weighted by Crippen LogP contribution is -2.12. The van der Waals surface area contributed by atoms with Gasteiger partial charge in [-0.05, 0) is 30.9 Å². The molecular weight excluding hydrogens is 262 g/mol. The van der Waals surface area contributed by atoms with Crippen LogP contribution >= 0.6 is 0 Å². The first-order chi connectivity index (χ1) is 10.2. The van der Waals surface area contributed by atoms with Crippen LogP contribution in [-0.2, 0) is 24.2 Å². The average molecular weight is 283 g/mol. The van der Waals surface area contributed by atoms with Gasteiger partial charge in [-0.2, -0.15) is 0 Å². The van der Waals surface area contributed by atoms with Crippen molar-refractivity contribution < 1.29 is 4.79 Å². The minimum absolute atomic E-state index is 0.132. The molecule has 1 unspecified atom stereocenters. The summed E-state index contributed by atoms with van der Waals surface area (Å²) in [4.78, 5) is 10.7. The molecule has 0 saturated carbocycles. The third-order valence-corrected chi connectivity index (χ3v) is 4.43. The lowest BCUT2D eigenvalue weighted by Gasteiger charge is -2.14. The van der Waals surface area contributed by atoms with E-state index in [1.807, 2.05) is 6.92 Å². The standard InChI is InChI=1S/C17H21N3O/c1-3-20-16(12(2)8-9-21)18-19-17(20)15-10-13-6-4-5-7-14(13)11-15/h4-7,9,12,15H,3,8,10-11H2,1-2H3. The van der Waals surface area contributed by atoms with Crippen LogP contribution < -0.4 is 0 Å². The van der Waals surface area contributed by atoms with Gasteiger partial charge >= 0.3 is 0 Å². The van der Waals surface area contributed by atoms with Gasteiger partial charge in [0, 0.05) is 24.8 Å². The highest BCUT2D eigenvalue weighted by Crippen LogP contribution is 2.34. The average Bonchev–Trinajstić information content (AvgIpc) is 3.10. The van der Waals surface area contributed by atoms with Gasteiger partial charge in [0.2, 0.25) is 0 Å². The zero-order chi connectivity index (χ0) is 14.8.